The third-order valence-electron chi connectivity index (χ3n) is 8.99. The average Bonchev–Trinajstić information content (AvgIpc) is 3.10. The number of hydrogen-bond donors (Lipinski definition) is 2. The quantitative estimate of drug-likeness (QED) is 0.144. The van der Waals surface area contributed by atoms with Crippen LogP contribution in [-0.4, -0.2) is 36.3 Å². The van der Waals surface area contributed by atoms with Crippen LogP contribution in [0.15, 0.2) is 109 Å². The van der Waals surface area contributed by atoms with Gasteiger partial charge in [0.25, 0.3) is 0 Å². The van der Waals surface area contributed by atoms with E-state index in [-0.39, 0.29) is 12.5 Å². The largest absolute Gasteiger partial charge is 0.496 e. The number of fused-ring (bicyclic) bond motifs is 2. The molecule has 0 saturated heterocycles. The summed E-state index contributed by atoms with van der Waals surface area (Å²) >= 11 is 0. The molecule has 3 unspecified atom stereocenters. The lowest BCUT2D eigenvalue weighted by molar-refractivity contribution is 0.299. The first-order valence-corrected chi connectivity index (χ1v) is 16.0. The molecule has 46 heavy (non-hydrogen) atoms. The van der Waals surface area contributed by atoms with Gasteiger partial charge < -0.3 is 15.4 Å². The lowest BCUT2D eigenvalue weighted by atomic mass is 9.94. The molecule has 0 aliphatic heterocycles. The Kier molecular flexibility index (Phi) is 9.43. The van der Waals surface area contributed by atoms with Gasteiger partial charge in [0.15, 0.2) is 0 Å². The molecular formula is C40H41FN4O. The van der Waals surface area contributed by atoms with E-state index in [4.69, 9.17) is 9.72 Å². The zero-order valence-electron chi connectivity index (χ0n) is 26.9. The second kappa shape index (κ2) is 14.0. The minimum Gasteiger partial charge on any atom is -0.496 e. The normalized spacial score (nSPS) is 13.3. The minimum atomic E-state index is -1.14. The standard InChI is InChI=1S/C40H41FN4O/c1-26-11-5-6-14-32(26)27(2)20-22-42-36-16-9-12-29-18-19-35(45-40(29)36)31-23-30-13-10-21-43-39(30)37(24-31)44-25-34(41)28(3)33-15-7-8-17-38(33)46-4/h5-19,21,23-24,27-28,34,42,44H,20,22,25H2,1-4H3. The first-order valence-electron chi connectivity index (χ1n) is 16.0. The second-order valence-corrected chi connectivity index (χ2v) is 12.1. The lowest BCUT2D eigenvalue weighted by Gasteiger charge is -2.21. The number of halogens is 1. The molecule has 3 atom stereocenters. The van der Waals surface area contributed by atoms with Crippen molar-refractivity contribution in [3.63, 3.8) is 0 Å². The predicted octanol–water partition coefficient (Wildman–Crippen LogP) is 9.93. The third kappa shape index (κ3) is 6.66. The number of aromatic nitrogens is 2. The van der Waals surface area contributed by atoms with Crippen LogP contribution in [-0.2, 0) is 0 Å². The van der Waals surface area contributed by atoms with Crippen molar-refractivity contribution in [3.8, 4) is 17.0 Å². The Morgan fingerprint density at radius 2 is 1.54 bits per heavy atom. The Labute approximate surface area is 270 Å². The number of pyridine rings is 2. The zero-order chi connectivity index (χ0) is 32.0. The topological polar surface area (TPSA) is 59.1 Å². The molecule has 6 rings (SSSR count). The number of aryl methyl sites for hydroxylation is 1. The monoisotopic (exact) mass is 612 g/mol. The van der Waals surface area contributed by atoms with Crippen LogP contribution in [0.1, 0.15) is 48.8 Å². The molecule has 0 aliphatic carbocycles. The molecule has 0 amide bonds. The molecule has 5 nitrogen and oxygen atoms in total. The molecule has 0 aliphatic rings. The van der Waals surface area contributed by atoms with E-state index >= 15 is 4.39 Å². The number of ether oxygens (including phenoxy) is 1. The molecule has 0 spiro atoms. The van der Waals surface area contributed by atoms with Crippen LogP contribution in [0.5, 0.6) is 5.75 Å². The molecule has 234 valence electrons. The number of nitrogens with one attached hydrogen (secondary N) is 2. The number of para-hydroxylation sites is 2. The van der Waals surface area contributed by atoms with Crippen LogP contribution in [0.2, 0.25) is 0 Å². The second-order valence-electron chi connectivity index (χ2n) is 12.1. The molecule has 0 saturated carbocycles. The van der Waals surface area contributed by atoms with Gasteiger partial charge in [-0.15, -0.1) is 0 Å². The number of alkyl halides is 1. The first kappa shape index (κ1) is 31.0. The Balaban J connectivity index is 1.24. The van der Waals surface area contributed by atoms with Crippen molar-refractivity contribution in [2.24, 2.45) is 0 Å². The lowest BCUT2D eigenvalue weighted by Crippen LogP contribution is -2.22. The van der Waals surface area contributed by atoms with Gasteiger partial charge in [-0.05, 0) is 72.4 Å². The van der Waals surface area contributed by atoms with Crippen LogP contribution in [0.25, 0.3) is 33.1 Å². The highest BCUT2D eigenvalue weighted by molar-refractivity contribution is 5.96. The smallest absolute Gasteiger partial charge is 0.124 e. The first-order chi connectivity index (χ1) is 22.4. The molecule has 0 fully saturated rings. The molecular weight excluding hydrogens is 571 g/mol. The van der Waals surface area contributed by atoms with E-state index in [9.17, 15) is 0 Å². The highest BCUT2D eigenvalue weighted by Gasteiger charge is 2.22. The van der Waals surface area contributed by atoms with Gasteiger partial charge in [0, 0.05) is 41.5 Å². The molecule has 6 aromatic rings. The summed E-state index contributed by atoms with van der Waals surface area (Å²) in [4.78, 5) is 9.78. The summed E-state index contributed by atoms with van der Waals surface area (Å²) in [5.74, 6) is 0.800. The highest BCUT2D eigenvalue weighted by atomic mass is 19.1. The van der Waals surface area contributed by atoms with Crippen LogP contribution in [0, 0.1) is 6.92 Å². The number of anilines is 2. The number of rotatable bonds is 12. The Hall–Kier alpha value is -4.97. The summed E-state index contributed by atoms with van der Waals surface area (Å²) in [5.41, 5.74) is 8.90. The van der Waals surface area contributed by atoms with E-state index < -0.39 is 6.17 Å². The average molecular weight is 613 g/mol. The zero-order valence-corrected chi connectivity index (χ0v) is 26.9. The van der Waals surface area contributed by atoms with Crippen LogP contribution in [0.4, 0.5) is 15.8 Å². The minimum absolute atomic E-state index is 0.133. The summed E-state index contributed by atoms with van der Waals surface area (Å²) in [6.07, 6.45) is 1.64. The van der Waals surface area contributed by atoms with Gasteiger partial charge in [-0.1, -0.05) is 80.6 Å². The fourth-order valence-corrected chi connectivity index (χ4v) is 6.27. The summed E-state index contributed by atoms with van der Waals surface area (Å²) in [6, 6.07) is 34.7. The number of methoxy groups -OCH3 is 1. The molecule has 0 radical (unpaired) electrons. The van der Waals surface area contributed by atoms with E-state index in [1.165, 1.54) is 11.1 Å². The summed E-state index contributed by atoms with van der Waals surface area (Å²) in [5, 5.41) is 9.07. The van der Waals surface area contributed by atoms with Gasteiger partial charge in [-0.2, -0.15) is 0 Å². The maximum absolute atomic E-state index is 15.6. The highest BCUT2D eigenvalue weighted by Crippen LogP contribution is 2.34. The van der Waals surface area contributed by atoms with Gasteiger partial charge in [-0.3, -0.25) is 4.98 Å². The third-order valence-corrected chi connectivity index (χ3v) is 8.99. The van der Waals surface area contributed by atoms with Crippen molar-refractivity contribution in [1.82, 2.24) is 9.97 Å². The molecule has 4 aromatic carbocycles. The fraction of sp³-hybridized carbons (Fsp3) is 0.250. The maximum atomic E-state index is 15.6. The van der Waals surface area contributed by atoms with Crippen molar-refractivity contribution in [3.05, 3.63) is 126 Å². The SMILES string of the molecule is COc1ccccc1C(C)C(F)CNc1cc(-c2ccc3cccc(NCCC(C)c4ccccc4C)c3n2)cc2cccnc12. The molecule has 2 heterocycles. The Bertz CT molecular complexity index is 1960. The van der Waals surface area contributed by atoms with Gasteiger partial charge in [0.05, 0.1) is 35.2 Å². The van der Waals surface area contributed by atoms with E-state index in [0.717, 1.165) is 63.0 Å². The molecule has 2 N–H and O–H groups in total. The van der Waals surface area contributed by atoms with Crippen molar-refractivity contribution in [1.29, 1.82) is 0 Å². The fourth-order valence-electron chi connectivity index (χ4n) is 6.27. The summed E-state index contributed by atoms with van der Waals surface area (Å²) in [7, 11) is 1.62. The van der Waals surface area contributed by atoms with Crippen molar-refractivity contribution >= 4 is 33.2 Å². The molecule has 2 aromatic heterocycles. The van der Waals surface area contributed by atoms with Gasteiger partial charge in [0.1, 0.15) is 11.9 Å². The number of nitrogens with zero attached hydrogens (tertiary/aromatic N) is 2. The van der Waals surface area contributed by atoms with Crippen LogP contribution < -0.4 is 15.4 Å². The van der Waals surface area contributed by atoms with Crippen molar-refractivity contribution in [2.75, 3.05) is 30.8 Å². The molecule has 0 bridgehead atoms. The number of benzene rings is 4. The van der Waals surface area contributed by atoms with Gasteiger partial charge in [-0.25, -0.2) is 9.37 Å². The predicted molar refractivity (Wildman–Crippen MR) is 190 cm³/mol. The van der Waals surface area contributed by atoms with E-state index in [1.807, 2.05) is 49.4 Å². The van der Waals surface area contributed by atoms with Crippen LogP contribution >= 0.6 is 0 Å². The van der Waals surface area contributed by atoms with Crippen molar-refractivity contribution in [2.45, 2.75) is 45.2 Å². The molecule has 6 heteroatoms. The van der Waals surface area contributed by atoms with E-state index in [0.29, 0.717) is 11.7 Å². The van der Waals surface area contributed by atoms with Crippen LogP contribution in [0.3, 0.4) is 0 Å². The summed E-state index contributed by atoms with van der Waals surface area (Å²) < 4.78 is 21.1. The van der Waals surface area contributed by atoms with Gasteiger partial charge >= 0.3 is 0 Å². The van der Waals surface area contributed by atoms with E-state index in [1.54, 1.807) is 13.3 Å². The van der Waals surface area contributed by atoms with Gasteiger partial charge in [0.2, 0.25) is 0 Å². The maximum Gasteiger partial charge on any atom is 0.124 e. The Morgan fingerprint density at radius 1 is 0.761 bits per heavy atom. The summed E-state index contributed by atoms with van der Waals surface area (Å²) in [6.45, 7) is 7.33. The number of hydrogen-bond acceptors (Lipinski definition) is 5. The Morgan fingerprint density at radius 3 is 2.37 bits per heavy atom. The van der Waals surface area contributed by atoms with E-state index in [2.05, 4.69) is 90.1 Å². The van der Waals surface area contributed by atoms with Crippen molar-refractivity contribution < 1.29 is 9.13 Å².